The molecule has 2 unspecified atom stereocenters. The number of hydrogen-bond donors (Lipinski definition) is 3. The molecule has 0 aliphatic heterocycles. The zero-order valence-electron chi connectivity index (χ0n) is 16.8. The summed E-state index contributed by atoms with van der Waals surface area (Å²) >= 11 is 0. The minimum Gasteiger partial charge on any atom is -0.394 e. The molecule has 2 atom stereocenters. The van der Waals surface area contributed by atoms with E-state index in [2.05, 4.69) is 0 Å². The molecule has 154 valence electrons. The summed E-state index contributed by atoms with van der Waals surface area (Å²) in [5.74, 6) is -0.188. The quantitative estimate of drug-likeness (QED) is 0.253. The Balaban J connectivity index is 3.56. The van der Waals surface area contributed by atoms with Crippen LogP contribution in [0.2, 0.25) is 0 Å². The summed E-state index contributed by atoms with van der Waals surface area (Å²) in [6.45, 7) is 3.27. The van der Waals surface area contributed by atoms with Crippen LogP contribution in [0.1, 0.15) is 97.3 Å². The largest absolute Gasteiger partial charge is 0.394 e. The van der Waals surface area contributed by atoms with Gasteiger partial charge >= 0.3 is 0 Å². The van der Waals surface area contributed by atoms with Crippen molar-refractivity contribution in [3.05, 3.63) is 0 Å². The topological polar surface area (TPSA) is 94.8 Å². The molecular formula is C21H40O5. The minimum atomic E-state index is -1.02. The van der Waals surface area contributed by atoms with Crippen molar-refractivity contribution in [2.45, 2.75) is 110 Å². The molecule has 0 aromatic carbocycles. The molecule has 0 aliphatic rings. The Kier molecular flexibility index (Phi) is 15.9. The van der Waals surface area contributed by atoms with Gasteiger partial charge in [-0.3, -0.25) is 9.59 Å². The fourth-order valence-corrected chi connectivity index (χ4v) is 3.25. The van der Waals surface area contributed by atoms with Crippen molar-refractivity contribution in [2.75, 3.05) is 6.61 Å². The lowest BCUT2D eigenvalue weighted by atomic mass is 9.90. The number of rotatable bonds is 18. The fourth-order valence-electron chi connectivity index (χ4n) is 3.25. The van der Waals surface area contributed by atoms with Crippen molar-refractivity contribution in [3.63, 3.8) is 0 Å². The first-order chi connectivity index (χ1) is 12.5. The van der Waals surface area contributed by atoms with Crippen LogP contribution in [0.5, 0.6) is 0 Å². The second kappa shape index (κ2) is 16.4. The van der Waals surface area contributed by atoms with Crippen molar-refractivity contribution in [3.8, 4) is 0 Å². The predicted molar refractivity (Wildman–Crippen MR) is 104 cm³/mol. The van der Waals surface area contributed by atoms with E-state index in [9.17, 15) is 19.8 Å². The van der Waals surface area contributed by atoms with Gasteiger partial charge in [-0.05, 0) is 12.8 Å². The Morgan fingerprint density at radius 3 is 1.42 bits per heavy atom. The number of ketones is 2. The highest BCUT2D eigenvalue weighted by Gasteiger charge is 2.22. The normalized spacial score (nSPS) is 13.8. The molecule has 0 bridgehead atoms. The second-order valence-corrected chi connectivity index (χ2v) is 7.27. The number of aliphatic hydroxyl groups is 3. The predicted octanol–water partition coefficient (Wildman–Crippen LogP) is 3.57. The Bertz CT molecular complexity index is 353. The fraction of sp³-hybridized carbons (Fsp3) is 0.905. The number of aliphatic hydroxyl groups excluding tert-OH is 3. The first kappa shape index (κ1) is 25.2. The van der Waals surface area contributed by atoms with Gasteiger partial charge in [0.05, 0.1) is 18.6 Å². The van der Waals surface area contributed by atoms with Gasteiger partial charge in [-0.2, -0.15) is 0 Å². The molecule has 3 N–H and O–H groups in total. The monoisotopic (exact) mass is 372 g/mol. The lowest BCUT2D eigenvalue weighted by Gasteiger charge is -2.14. The van der Waals surface area contributed by atoms with Crippen LogP contribution in [0.25, 0.3) is 0 Å². The van der Waals surface area contributed by atoms with Crippen LogP contribution in [0.3, 0.4) is 0 Å². The summed E-state index contributed by atoms with van der Waals surface area (Å²) in [6, 6.07) is 0. The summed E-state index contributed by atoms with van der Waals surface area (Å²) < 4.78 is 0. The van der Waals surface area contributed by atoms with Gasteiger partial charge in [0, 0.05) is 12.8 Å². The molecule has 0 amide bonds. The van der Waals surface area contributed by atoms with Crippen LogP contribution < -0.4 is 0 Å². The smallest absolute Gasteiger partial charge is 0.143 e. The van der Waals surface area contributed by atoms with E-state index in [1.54, 1.807) is 0 Å². The van der Waals surface area contributed by atoms with Crippen molar-refractivity contribution in [1.82, 2.24) is 0 Å². The molecule has 0 saturated heterocycles. The van der Waals surface area contributed by atoms with E-state index in [-0.39, 0.29) is 24.1 Å². The molecule has 26 heavy (non-hydrogen) atoms. The maximum Gasteiger partial charge on any atom is 0.143 e. The summed E-state index contributed by atoms with van der Waals surface area (Å²) in [7, 11) is 0. The van der Waals surface area contributed by atoms with Gasteiger partial charge in [-0.15, -0.1) is 0 Å². The van der Waals surface area contributed by atoms with E-state index in [0.29, 0.717) is 25.7 Å². The third kappa shape index (κ3) is 11.8. The number of carbonyl (C=O) groups is 2. The SMILES string of the molecule is CCC(=O)C(CCCCCCCCCCCC(O)C(O)CO)C(=O)CC. The van der Waals surface area contributed by atoms with E-state index < -0.39 is 12.2 Å². The lowest BCUT2D eigenvalue weighted by molar-refractivity contribution is -0.132. The van der Waals surface area contributed by atoms with E-state index in [1.165, 1.54) is 19.3 Å². The van der Waals surface area contributed by atoms with Gasteiger partial charge < -0.3 is 15.3 Å². The third-order valence-corrected chi connectivity index (χ3v) is 5.10. The highest BCUT2D eigenvalue weighted by molar-refractivity contribution is 6.02. The summed E-state index contributed by atoms with van der Waals surface area (Å²) in [6.07, 6.45) is 10.1. The molecule has 0 spiro atoms. The molecule has 0 aromatic heterocycles. The van der Waals surface area contributed by atoms with Crippen molar-refractivity contribution >= 4 is 11.6 Å². The van der Waals surface area contributed by atoms with E-state index in [4.69, 9.17) is 5.11 Å². The standard InChI is InChI=1S/C21H40O5/c1-3-18(23)17(19(24)4-2)14-12-10-8-6-5-7-9-11-13-15-20(25)21(26)16-22/h17,20-22,25-26H,3-16H2,1-2H3. The molecule has 0 heterocycles. The summed E-state index contributed by atoms with van der Waals surface area (Å²) in [5, 5.41) is 27.5. The van der Waals surface area contributed by atoms with Crippen LogP contribution in [0, 0.1) is 5.92 Å². The molecule has 5 heteroatoms. The Labute approximate surface area is 159 Å². The molecule has 0 aliphatic carbocycles. The molecule has 0 radical (unpaired) electrons. The first-order valence-electron chi connectivity index (χ1n) is 10.5. The number of Topliss-reactive ketones (excluding diaryl/α,β-unsaturated/α-hetero) is 2. The molecule has 0 saturated carbocycles. The van der Waals surface area contributed by atoms with Gasteiger partial charge in [0.15, 0.2) is 0 Å². The average molecular weight is 373 g/mol. The van der Waals surface area contributed by atoms with Crippen LogP contribution >= 0.6 is 0 Å². The zero-order chi connectivity index (χ0) is 19.8. The van der Waals surface area contributed by atoms with Gasteiger partial charge in [0.2, 0.25) is 0 Å². The van der Waals surface area contributed by atoms with Crippen molar-refractivity contribution in [2.24, 2.45) is 5.92 Å². The van der Waals surface area contributed by atoms with E-state index in [1.807, 2.05) is 13.8 Å². The number of unbranched alkanes of at least 4 members (excludes halogenated alkanes) is 8. The Hall–Kier alpha value is -0.780. The van der Waals surface area contributed by atoms with E-state index in [0.717, 1.165) is 38.5 Å². The molecular weight excluding hydrogens is 332 g/mol. The van der Waals surface area contributed by atoms with Gasteiger partial charge in [-0.25, -0.2) is 0 Å². The Morgan fingerprint density at radius 1 is 0.654 bits per heavy atom. The van der Waals surface area contributed by atoms with Crippen molar-refractivity contribution in [1.29, 1.82) is 0 Å². The molecule has 0 rings (SSSR count). The number of carbonyl (C=O) groups excluding carboxylic acids is 2. The van der Waals surface area contributed by atoms with Crippen LogP contribution in [-0.2, 0) is 9.59 Å². The average Bonchev–Trinajstić information content (AvgIpc) is 2.66. The molecule has 0 fully saturated rings. The lowest BCUT2D eigenvalue weighted by Crippen LogP contribution is -2.28. The zero-order valence-corrected chi connectivity index (χ0v) is 16.8. The van der Waals surface area contributed by atoms with Gasteiger partial charge in [-0.1, -0.05) is 71.6 Å². The number of hydrogen-bond acceptors (Lipinski definition) is 5. The summed E-state index contributed by atoms with van der Waals surface area (Å²) in [4.78, 5) is 23.7. The maximum absolute atomic E-state index is 11.8. The van der Waals surface area contributed by atoms with Crippen LogP contribution in [0.15, 0.2) is 0 Å². The first-order valence-corrected chi connectivity index (χ1v) is 10.5. The highest BCUT2D eigenvalue weighted by Crippen LogP contribution is 2.17. The second-order valence-electron chi connectivity index (χ2n) is 7.27. The van der Waals surface area contributed by atoms with Gasteiger partial charge in [0.25, 0.3) is 0 Å². The highest BCUT2D eigenvalue weighted by atomic mass is 16.4. The van der Waals surface area contributed by atoms with Crippen LogP contribution in [0.4, 0.5) is 0 Å². The van der Waals surface area contributed by atoms with E-state index >= 15 is 0 Å². The van der Waals surface area contributed by atoms with Crippen molar-refractivity contribution < 1.29 is 24.9 Å². The maximum atomic E-state index is 11.8. The summed E-state index contributed by atoms with van der Waals surface area (Å²) in [5.41, 5.74) is 0. The van der Waals surface area contributed by atoms with Gasteiger partial charge in [0.1, 0.15) is 17.7 Å². The minimum absolute atomic E-state index is 0.0912. The third-order valence-electron chi connectivity index (χ3n) is 5.10. The Morgan fingerprint density at radius 2 is 1.04 bits per heavy atom. The molecule has 5 nitrogen and oxygen atoms in total. The van der Waals surface area contributed by atoms with Crippen LogP contribution in [-0.4, -0.2) is 45.7 Å². The molecule has 0 aromatic rings.